The quantitative estimate of drug-likeness (QED) is 0.826. The van der Waals surface area contributed by atoms with Crippen LogP contribution in [-0.4, -0.2) is 27.3 Å². The molecule has 1 saturated carbocycles. The molecular weight excluding hydrogens is 250 g/mol. The van der Waals surface area contributed by atoms with Crippen LogP contribution < -0.4 is 14.8 Å². The first-order chi connectivity index (χ1) is 8.74. The lowest BCUT2D eigenvalue weighted by molar-refractivity contribution is 0.280. The molecular formula is C14H20ClNO2. The van der Waals surface area contributed by atoms with Crippen LogP contribution in [0.5, 0.6) is 11.5 Å². The summed E-state index contributed by atoms with van der Waals surface area (Å²) < 4.78 is 11.1. The van der Waals surface area contributed by atoms with E-state index < -0.39 is 0 Å². The third-order valence-electron chi connectivity index (χ3n) is 3.15. The molecule has 0 radical (unpaired) electrons. The highest BCUT2D eigenvalue weighted by atomic mass is 35.5. The minimum atomic E-state index is 0.720. The topological polar surface area (TPSA) is 30.5 Å². The number of likely N-dealkylation sites (N-methyl/N-ethyl adjacent to an activating group) is 1. The van der Waals surface area contributed by atoms with Crippen LogP contribution in [0.15, 0.2) is 12.1 Å². The summed E-state index contributed by atoms with van der Waals surface area (Å²) in [4.78, 5) is 0. The highest BCUT2D eigenvalue weighted by molar-refractivity contribution is 6.31. The Labute approximate surface area is 113 Å². The number of ether oxygens (including phenoxy) is 2. The molecule has 1 fully saturated rings. The molecule has 0 amide bonds. The van der Waals surface area contributed by atoms with Crippen molar-refractivity contribution in [3.63, 3.8) is 0 Å². The number of nitrogens with one attached hydrogen (secondary N) is 1. The van der Waals surface area contributed by atoms with Gasteiger partial charge < -0.3 is 14.8 Å². The first kappa shape index (κ1) is 13.5. The van der Waals surface area contributed by atoms with Crippen molar-refractivity contribution in [1.29, 1.82) is 0 Å². The number of hydrogen-bond acceptors (Lipinski definition) is 3. The van der Waals surface area contributed by atoms with E-state index in [-0.39, 0.29) is 0 Å². The van der Waals surface area contributed by atoms with Gasteiger partial charge in [0, 0.05) is 11.1 Å². The van der Waals surface area contributed by atoms with E-state index in [4.69, 9.17) is 21.1 Å². The van der Waals surface area contributed by atoms with Gasteiger partial charge in [0.1, 0.15) is 0 Å². The van der Waals surface area contributed by atoms with Crippen molar-refractivity contribution in [3.05, 3.63) is 22.7 Å². The van der Waals surface area contributed by atoms with Gasteiger partial charge in [0.05, 0.1) is 13.7 Å². The van der Waals surface area contributed by atoms with Crippen LogP contribution in [0.2, 0.25) is 5.02 Å². The van der Waals surface area contributed by atoms with Crippen LogP contribution in [0, 0.1) is 5.92 Å². The summed E-state index contributed by atoms with van der Waals surface area (Å²) in [5.74, 6) is 2.24. The van der Waals surface area contributed by atoms with E-state index in [1.165, 1.54) is 12.8 Å². The zero-order valence-corrected chi connectivity index (χ0v) is 11.7. The largest absolute Gasteiger partial charge is 0.493 e. The van der Waals surface area contributed by atoms with Crippen LogP contribution in [0.3, 0.4) is 0 Å². The van der Waals surface area contributed by atoms with Gasteiger partial charge in [0.2, 0.25) is 0 Å². The number of rotatable bonds is 7. The summed E-state index contributed by atoms with van der Waals surface area (Å²) in [6.07, 6.45) is 3.43. The average Bonchev–Trinajstić information content (AvgIpc) is 3.19. The molecule has 1 N–H and O–H groups in total. The molecule has 0 unspecified atom stereocenters. The number of halogens is 1. The van der Waals surface area contributed by atoms with Crippen molar-refractivity contribution in [3.8, 4) is 11.5 Å². The predicted octanol–water partition coefficient (Wildman–Crippen LogP) is 2.90. The van der Waals surface area contributed by atoms with Gasteiger partial charge >= 0.3 is 0 Å². The third-order valence-corrected chi connectivity index (χ3v) is 3.50. The van der Waals surface area contributed by atoms with E-state index >= 15 is 0 Å². The van der Waals surface area contributed by atoms with Crippen molar-refractivity contribution in [2.24, 2.45) is 5.92 Å². The molecule has 4 heteroatoms. The first-order valence-electron chi connectivity index (χ1n) is 6.38. The van der Waals surface area contributed by atoms with Gasteiger partial charge in [-0.15, -0.1) is 0 Å². The number of methoxy groups -OCH3 is 1. The van der Waals surface area contributed by atoms with Crippen molar-refractivity contribution in [1.82, 2.24) is 5.32 Å². The molecule has 0 bridgehead atoms. The molecule has 2 rings (SSSR count). The lowest BCUT2D eigenvalue weighted by atomic mass is 10.1. The van der Waals surface area contributed by atoms with E-state index in [1.807, 2.05) is 19.2 Å². The fourth-order valence-electron chi connectivity index (χ4n) is 1.79. The van der Waals surface area contributed by atoms with Crippen LogP contribution in [-0.2, 0) is 6.42 Å². The van der Waals surface area contributed by atoms with Crippen LogP contribution in [0.4, 0.5) is 0 Å². The maximum absolute atomic E-state index is 6.26. The SMILES string of the molecule is CNCCc1cc(OC)c(OCC2CC2)cc1Cl. The molecule has 0 atom stereocenters. The van der Waals surface area contributed by atoms with Gasteiger partial charge in [-0.05, 0) is 50.4 Å². The Morgan fingerprint density at radius 2 is 2.11 bits per heavy atom. The molecule has 1 aliphatic rings. The third kappa shape index (κ3) is 3.53. The van der Waals surface area contributed by atoms with Crippen LogP contribution >= 0.6 is 11.6 Å². The normalized spacial score (nSPS) is 14.6. The van der Waals surface area contributed by atoms with Gasteiger partial charge in [0.15, 0.2) is 11.5 Å². The Morgan fingerprint density at radius 3 is 2.72 bits per heavy atom. The van der Waals surface area contributed by atoms with E-state index in [9.17, 15) is 0 Å². The Balaban J connectivity index is 2.10. The number of benzene rings is 1. The standard InChI is InChI=1S/C14H20ClNO2/c1-16-6-5-11-7-13(17-2)14(8-12(11)15)18-9-10-3-4-10/h7-8,10,16H,3-6,9H2,1-2H3. The summed E-state index contributed by atoms with van der Waals surface area (Å²) in [5.41, 5.74) is 1.08. The second-order valence-electron chi connectivity index (χ2n) is 4.70. The molecule has 18 heavy (non-hydrogen) atoms. The van der Waals surface area contributed by atoms with Crippen molar-refractivity contribution in [2.75, 3.05) is 27.3 Å². The smallest absolute Gasteiger partial charge is 0.162 e. The van der Waals surface area contributed by atoms with Crippen molar-refractivity contribution in [2.45, 2.75) is 19.3 Å². The molecule has 1 aromatic rings. The Bertz CT molecular complexity index is 405. The molecule has 100 valence electrons. The minimum Gasteiger partial charge on any atom is -0.493 e. The molecule has 1 aliphatic carbocycles. The van der Waals surface area contributed by atoms with Gasteiger partial charge in [-0.25, -0.2) is 0 Å². The second kappa shape index (κ2) is 6.30. The summed E-state index contributed by atoms with van der Waals surface area (Å²) in [6, 6.07) is 3.84. The van der Waals surface area contributed by atoms with Crippen molar-refractivity contribution < 1.29 is 9.47 Å². The maximum Gasteiger partial charge on any atom is 0.162 e. The summed E-state index contributed by atoms with van der Waals surface area (Å²) >= 11 is 6.26. The molecule has 3 nitrogen and oxygen atoms in total. The second-order valence-corrected chi connectivity index (χ2v) is 5.11. The maximum atomic E-state index is 6.26. The molecule has 0 heterocycles. The summed E-state index contributed by atoms with van der Waals surface area (Å²) in [5, 5.41) is 3.86. The van der Waals surface area contributed by atoms with E-state index in [2.05, 4.69) is 5.32 Å². The zero-order chi connectivity index (χ0) is 13.0. The zero-order valence-electron chi connectivity index (χ0n) is 11.0. The molecule has 0 aromatic heterocycles. The lowest BCUT2D eigenvalue weighted by Gasteiger charge is -2.13. The Morgan fingerprint density at radius 1 is 1.33 bits per heavy atom. The fraction of sp³-hybridized carbons (Fsp3) is 0.571. The fourth-order valence-corrected chi connectivity index (χ4v) is 2.04. The summed E-state index contributed by atoms with van der Waals surface area (Å²) in [7, 11) is 3.59. The molecule has 1 aromatic carbocycles. The lowest BCUT2D eigenvalue weighted by Crippen LogP contribution is -2.11. The molecule has 0 spiro atoms. The first-order valence-corrected chi connectivity index (χ1v) is 6.76. The van der Waals surface area contributed by atoms with E-state index in [0.29, 0.717) is 0 Å². The van der Waals surface area contributed by atoms with Crippen molar-refractivity contribution >= 4 is 11.6 Å². The van der Waals surface area contributed by atoms with E-state index in [0.717, 1.165) is 47.6 Å². The summed E-state index contributed by atoms with van der Waals surface area (Å²) in [6.45, 7) is 1.66. The van der Waals surface area contributed by atoms with E-state index in [1.54, 1.807) is 7.11 Å². The Kier molecular flexibility index (Phi) is 4.72. The number of hydrogen-bond donors (Lipinski definition) is 1. The minimum absolute atomic E-state index is 0.720. The predicted molar refractivity (Wildman–Crippen MR) is 73.9 cm³/mol. The van der Waals surface area contributed by atoms with Gasteiger partial charge in [0.25, 0.3) is 0 Å². The van der Waals surface area contributed by atoms with Crippen LogP contribution in [0.1, 0.15) is 18.4 Å². The Hall–Kier alpha value is -0.930. The molecule has 0 aliphatic heterocycles. The highest BCUT2D eigenvalue weighted by Crippen LogP contribution is 2.36. The van der Waals surface area contributed by atoms with Gasteiger partial charge in [-0.1, -0.05) is 11.6 Å². The monoisotopic (exact) mass is 269 g/mol. The van der Waals surface area contributed by atoms with Gasteiger partial charge in [-0.3, -0.25) is 0 Å². The van der Waals surface area contributed by atoms with Gasteiger partial charge in [-0.2, -0.15) is 0 Å². The van der Waals surface area contributed by atoms with Crippen LogP contribution in [0.25, 0.3) is 0 Å². The molecule has 0 saturated heterocycles. The highest BCUT2D eigenvalue weighted by Gasteiger charge is 2.22. The average molecular weight is 270 g/mol.